The zero-order valence-electron chi connectivity index (χ0n) is 13.3. The first kappa shape index (κ1) is 15.0. The lowest BCUT2D eigenvalue weighted by molar-refractivity contribution is 0.132. The second kappa shape index (κ2) is 6.46. The third kappa shape index (κ3) is 2.98. The molecule has 0 fully saturated rings. The predicted octanol–water partition coefficient (Wildman–Crippen LogP) is 1.57. The van der Waals surface area contributed by atoms with Crippen molar-refractivity contribution in [3.05, 3.63) is 41.2 Å². The molecule has 1 atom stereocenters. The van der Waals surface area contributed by atoms with Gasteiger partial charge in [-0.2, -0.15) is 0 Å². The Balaban J connectivity index is 1.75. The van der Waals surface area contributed by atoms with Crippen LogP contribution in [0.4, 0.5) is 0 Å². The maximum Gasteiger partial charge on any atom is 0.118 e. The monoisotopic (exact) mass is 302 g/mol. The van der Waals surface area contributed by atoms with Gasteiger partial charge in [0, 0.05) is 39.7 Å². The highest BCUT2D eigenvalue weighted by molar-refractivity contribution is 5.27. The lowest BCUT2D eigenvalue weighted by Gasteiger charge is -2.31. The highest BCUT2D eigenvalue weighted by atomic mass is 16.5. The summed E-state index contributed by atoms with van der Waals surface area (Å²) in [6.45, 7) is 3.36. The smallest absolute Gasteiger partial charge is 0.118 e. The first-order chi connectivity index (χ1) is 10.7. The van der Waals surface area contributed by atoms with Gasteiger partial charge in [0.1, 0.15) is 11.4 Å². The summed E-state index contributed by atoms with van der Waals surface area (Å²) >= 11 is 0. The molecule has 1 aromatic heterocycles. The Bertz CT molecular complexity index is 624. The molecule has 118 valence electrons. The first-order valence-electron chi connectivity index (χ1n) is 7.44. The summed E-state index contributed by atoms with van der Waals surface area (Å²) in [4.78, 5) is 2.39. The minimum atomic E-state index is 0.312. The molecule has 1 aliphatic heterocycles. The van der Waals surface area contributed by atoms with Crippen molar-refractivity contribution < 1.29 is 9.47 Å². The molecule has 0 bridgehead atoms. The van der Waals surface area contributed by atoms with E-state index in [2.05, 4.69) is 27.3 Å². The molecule has 2 aromatic rings. The number of hydrogen-bond acceptors (Lipinski definition) is 5. The largest absolute Gasteiger partial charge is 0.497 e. The molecule has 0 aliphatic carbocycles. The topological polar surface area (TPSA) is 52.4 Å². The average molecular weight is 302 g/mol. The van der Waals surface area contributed by atoms with Crippen LogP contribution >= 0.6 is 0 Å². The van der Waals surface area contributed by atoms with E-state index in [9.17, 15) is 0 Å². The number of fused-ring (bicyclic) bond motifs is 1. The highest BCUT2D eigenvalue weighted by Gasteiger charge is 2.29. The van der Waals surface area contributed by atoms with Gasteiger partial charge in [-0.25, -0.2) is 0 Å². The molecule has 1 aromatic carbocycles. The zero-order valence-corrected chi connectivity index (χ0v) is 13.3. The van der Waals surface area contributed by atoms with E-state index < -0.39 is 0 Å². The van der Waals surface area contributed by atoms with Crippen LogP contribution in [0, 0.1) is 0 Å². The number of benzene rings is 1. The number of aryl methyl sites for hydroxylation is 1. The zero-order chi connectivity index (χ0) is 15.5. The van der Waals surface area contributed by atoms with Crippen LogP contribution in [0.1, 0.15) is 22.9 Å². The Morgan fingerprint density at radius 1 is 1.23 bits per heavy atom. The Morgan fingerprint density at radius 3 is 2.68 bits per heavy atom. The second-order valence-electron chi connectivity index (χ2n) is 5.71. The molecule has 0 saturated heterocycles. The molecular weight excluding hydrogens is 280 g/mol. The summed E-state index contributed by atoms with van der Waals surface area (Å²) < 4.78 is 12.5. The molecule has 0 unspecified atom stereocenters. The van der Waals surface area contributed by atoms with Gasteiger partial charge in [-0.1, -0.05) is 17.3 Å². The van der Waals surface area contributed by atoms with Crippen molar-refractivity contribution in [1.29, 1.82) is 0 Å². The van der Waals surface area contributed by atoms with Gasteiger partial charge >= 0.3 is 0 Å². The van der Waals surface area contributed by atoms with E-state index in [1.807, 2.05) is 23.9 Å². The summed E-state index contributed by atoms with van der Waals surface area (Å²) in [5.74, 6) is 1.20. The van der Waals surface area contributed by atoms with Gasteiger partial charge in [0.05, 0.1) is 19.4 Å². The van der Waals surface area contributed by atoms with Gasteiger partial charge in [0.2, 0.25) is 0 Å². The normalized spacial score (nSPS) is 18.2. The van der Waals surface area contributed by atoms with E-state index in [0.29, 0.717) is 12.5 Å². The van der Waals surface area contributed by atoms with Crippen molar-refractivity contribution in [2.75, 3.05) is 27.4 Å². The first-order valence-corrected chi connectivity index (χ1v) is 7.44. The van der Waals surface area contributed by atoms with Crippen LogP contribution in [0.3, 0.4) is 0 Å². The summed E-state index contributed by atoms with van der Waals surface area (Å²) in [5, 5.41) is 8.47. The van der Waals surface area contributed by atoms with E-state index in [0.717, 1.165) is 31.1 Å². The predicted molar refractivity (Wildman–Crippen MR) is 82.7 cm³/mol. The molecular formula is C16H22N4O2. The molecule has 22 heavy (non-hydrogen) atoms. The molecule has 1 aliphatic rings. The van der Waals surface area contributed by atoms with Crippen molar-refractivity contribution in [3.63, 3.8) is 0 Å². The van der Waals surface area contributed by atoms with E-state index in [1.165, 1.54) is 11.3 Å². The SMILES string of the molecule is COC[C@@H]1CN(Cc2ccc(OC)cc2)Cc2nnn(C)c21. The van der Waals surface area contributed by atoms with Crippen LogP contribution in [0.25, 0.3) is 0 Å². The van der Waals surface area contributed by atoms with Crippen LogP contribution in [0.2, 0.25) is 0 Å². The van der Waals surface area contributed by atoms with Gasteiger partial charge < -0.3 is 9.47 Å². The van der Waals surface area contributed by atoms with Gasteiger partial charge in [-0.05, 0) is 17.7 Å². The van der Waals surface area contributed by atoms with Crippen molar-refractivity contribution in [2.24, 2.45) is 7.05 Å². The number of ether oxygens (including phenoxy) is 2. The fourth-order valence-electron chi connectivity index (χ4n) is 3.14. The lowest BCUT2D eigenvalue weighted by Crippen LogP contribution is -2.35. The van der Waals surface area contributed by atoms with Gasteiger partial charge in [-0.15, -0.1) is 5.10 Å². The maximum absolute atomic E-state index is 5.38. The van der Waals surface area contributed by atoms with Crippen LogP contribution < -0.4 is 4.74 Å². The van der Waals surface area contributed by atoms with Crippen LogP contribution in [-0.4, -0.2) is 47.3 Å². The summed E-state index contributed by atoms with van der Waals surface area (Å²) in [5.41, 5.74) is 3.53. The lowest BCUT2D eigenvalue weighted by atomic mass is 9.98. The van der Waals surface area contributed by atoms with Gasteiger partial charge in [0.15, 0.2) is 0 Å². The third-order valence-electron chi connectivity index (χ3n) is 4.12. The van der Waals surface area contributed by atoms with E-state index in [4.69, 9.17) is 9.47 Å². The second-order valence-corrected chi connectivity index (χ2v) is 5.71. The quantitative estimate of drug-likeness (QED) is 0.839. The number of rotatable bonds is 5. The fraction of sp³-hybridized carbons (Fsp3) is 0.500. The Labute approximate surface area is 130 Å². The third-order valence-corrected chi connectivity index (χ3v) is 4.12. The molecule has 6 heteroatoms. The van der Waals surface area contributed by atoms with Crippen molar-refractivity contribution in [2.45, 2.75) is 19.0 Å². The van der Waals surface area contributed by atoms with Crippen LogP contribution in [0.15, 0.2) is 24.3 Å². The standard InChI is InChI=1S/C16H22N4O2/c1-19-16-13(11-21-2)9-20(10-15(16)17-18-19)8-12-4-6-14(22-3)7-5-12/h4-7,13H,8-11H2,1-3H3/t13-/m0/s1. The van der Waals surface area contributed by atoms with Crippen LogP contribution in [0.5, 0.6) is 5.75 Å². The number of methoxy groups -OCH3 is 2. The average Bonchev–Trinajstić information content (AvgIpc) is 2.90. The summed E-state index contributed by atoms with van der Waals surface area (Å²) in [7, 11) is 5.38. The summed E-state index contributed by atoms with van der Waals surface area (Å²) in [6, 6.07) is 8.21. The minimum absolute atomic E-state index is 0.312. The Morgan fingerprint density at radius 2 is 2.00 bits per heavy atom. The number of nitrogens with zero attached hydrogens (tertiary/aromatic N) is 4. The van der Waals surface area contributed by atoms with E-state index >= 15 is 0 Å². The number of aromatic nitrogens is 3. The van der Waals surface area contributed by atoms with Crippen LogP contribution in [-0.2, 0) is 24.9 Å². The molecule has 0 amide bonds. The van der Waals surface area contributed by atoms with E-state index in [1.54, 1.807) is 14.2 Å². The fourth-order valence-corrected chi connectivity index (χ4v) is 3.14. The maximum atomic E-state index is 5.38. The van der Waals surface area contributed by atoms with Gasteiger partial charge in [0.25, 0.3) is 0 Å². The highest BCUT2D eigenvalue weighted by Crippen LogP contribution is 2.27. The van der Waals surface area contributed by atoms with Crippen molar-refractivity contribution >= 4 is 0 Å². The molecule has 0 N–H and O–H groups in total. The number of hydrogen-bond donors (Lipinski definition) is 0. The molecule has 6 nitrogen and oxygen atoms in total. The Hall–Kier alpha value is -1.92. The Kier molecular flexibility index (Phi) is 4.40. The molecule has 0 radical (unpaired) electrons. The van der Waals surface area contributed by atoms with Gasteiger partial charge in [-0.3, -0.25) is 9.58 Å². The molecule has 0 spiro atoms. The van der Waals surface area contributed by atoms with E-state index in [-0.39, 0.29) is 0 Å². The minimum Gasteiger partial charge on any atom is -0.497 e. The summed E-state index contributed by atoms with van der Waals surface area (Å²) in [6.07, 6.45) is 0. The molecule has 2 heterocycles. The van der Waals surface area contributed by atoms with Crippen molar-refractivity contribution in [3.8, 4) is 5.75 Å². The molecule has 0 saturated carbocycles. The van der Waals surface area contributed by atoms with Crippen molar-refractivity contribution in [1.82, 2.24) is 19.9 Å². The molecule has 3 rings (SSSR count).